The summed E-state index contributed by atoms with van der Waals surface area (Å²) in [5.41, 5.74) is 1.13. The number of furan rings is 1. The van der Waals surface area contributed by atoms with Crippen LogP contribution in [0.3, 0.4) is 0 Å². The number of amides is 1. The molecule has 25 heavy (non-hydrogen) atoms. The molecule has 0 aliphatic carbocycles. The molecule has 2 aromatic rings. The number of hydrogen-bond acceptors (Lipinski definition) is 5. The van der Waals surface area contributed by atoms with Crippen LogP contribution in [0.2, 0.25) is 0 Å². The van der Waals surface area contributed by atoms with Gasteiger partial charge in [-0.1, -0.05) is 13.0 Å². The summed E-state index contributed by atoms with van der Waals surface area (Å²) >= 11 is 0. The third-order valence-corrected chi connectivity index (χ3v) is 4.87. The van der Waals surface area contributed by atoms with Gasteiger partial charge in [0.25, 0.3) is 5.91 Å². The van der Waals surface area contributed by atoms with E-state index in [0.29, 0.717) is 23.4 Å². The van der Waals surface area contributed by atoms with Crippen LogP contribution in [0.25, 0.3) is 0 Å². The number of carbonyl (C=O) groups is 2. The Hall–Kier alpha value is -2.81. The summed E-state index contributed by atoms with van der Waals surface area (Å²) in [6.45, 7) is 3.42. The molecule has 2 rings (SSSR count). The Morgan fingerprint density at radius 2 is 1.92 bits per heavy atom. The minimum Gasteiger partial charge on any atom is -0.478 e. The van der Waals surface area contributed by atoms with Crippen molar-refractivity contribution in [3.63, 3.8) is 0 Å². The lowest BCUT2D eigenvalue weighted by Crippen LogP contribution is -2.18. The van der Waals surface area contributed by atoms with E-state index in [-0.39, 0.29) is 17.1 Å². The Balaban J connectivity index is 2.21. The molecular formula is C16H18N2O6S. The minimum absolute atomic E-state index is 0.00656. The highest BCUT2D eigenvalue weighted by Gasteiger charge is 2.17. The maximum absolute atomic E-state index is 12.2. The lowest BCUT2D eigenvalue weighted by atomic mass is 10.1. The topological polar surface area (TPSA) is 126 Å². The van der Waals surface area contributed by atoms with Crippen molar-refractivity contribution < 1.29 is 27.5 Å². The Bertz CT molecular complexity index is 901. The van der Waals surface area contributed by atoms with Gasteiger partial charge in [0.1, 0.15) is 6.26 Å². The molecular weight excluding hydrogens is 348 g/mol. The lowest BCUT2D eigenvalue weighted by molar-refractivity contribution is 0.0696. The summed E-state index contributed by atoms with van der Waals surface area (Å²) < 4.78 is 31.2. The van der Waals surface area contributed by atoms with Crippen molar-refractivity contribution in [2.45, 2.75) is 20.3 Å². The second kappa shape index (κ2) is 7.39. The van der Waals surface area contributed by atoms with E-state index in [0.717, 1.165) is 12.3 Å². The molecule has 0 radical (unpaired) electrons. The summed E-state index contributed by atoms with van der Waals surface area (Å²) in [6, 6.07) is 5.90. The average Bonchev–Trinajstić information content (AvgIpc) is 3.01. The van der Waals surface area contributed by atoms with Crippen molar-refractivity contribution in [2.75, 3.05) is 15.8 Å². The van der Waals surface area contributed by atoms with Gasteiger partial charge in [0, 0.05) is 11.8 Å². The van der Waals surface area contributed by atoms with E-state index in [4.69, 9.17) is 9.52 Å². The maximum Gasteiger partial charge on any atom is 0.338 e. The average molecular weight is 366 g/mol. The van der Waals surface area contributed by atoms with Crippen molar-refractivity contribution in [1.29, 1.82) is 0 Å². The summed E-state index contributed by atoms with van der Waals surface area (Å²) in [5, 5.41) is 11.4. The molecule has 1 heterocycles. The van der Waals surface area contributed by atoms with Crippen LogP contribution in [0.15, 0.2) is 34.9 Å². The number of aromatic carboxylic acids is 1. The fraction of sp³-hybridized carbons (Fsp3) is 0.250. The van der Waals surface area contributed by atoms with E-state index in [1.807, 2.05) is 0 Å². The smallest absolute Gasteiger partial charge is 0.338 e. The quantitative estimate of drug-likeness (QED) is 0.692. The normalized spacial score (nSPS) is 11.1. The monoisotopic (exact) mass is 366 g/mol. The van der Waals surface area contributed by atoms with Crippen LogP contribution >= 0.6 is 0 Å². The fourth-order valence-electron chi connectivity index (χ4n) is 2.12. The number of carboxylic acid groups (broad SMARTS) is 1. The molecule has 8 nitrogen and oxygen atoms in total. The number of sulfonamides is 1. The van der Waals surface area contributed by atoms with Gasteiger partial charge in [-0.05, 0) is 31.0 Å². The van der Waals surface area contributed by atoms with Crippen LogP contribution in [-0.4, -0.2) is 31.2 Å². The van der Waals surface area contributed by atoms with Gasteiger partial charge < -0.3 is 14.8 Å². The fourth-order valence-corrected chi connectivity index (χ4v) is 3.32. The van der Waals surface area contributed by atoms with Crippen molar-refractivity contribution in [1.82, 2.24) is 0 Å². The molecule has 0 saturated carbocycles. The standard InChI is InChI=1S/C16H18N2O6S/c1-3-7-25(22,23)18-13-6-4-5-12(10(13)2)17-15(19)14-8-11(9-24-14)16(20)21/h4-6,8-9,18H,3,7H2,1-2H3,(H,17,19)(H,20,21). The molecule has 0 atom stereocenters. The zero-order valence-electron chi connectivity index (χ0n) is 13.7. The van der Waals surface area contributed by atoms with E-state index >= 15 is 0 Å². The Labute approximate surface area is 144 Å². The molecule has 0 aliphatic heterocycles. The number of hydrogen-bond donors (Lipinski definition) is 3. The summed E-state index contributed by atoms with van der Waals surface area (Å²) in [5.74, 6) is -2.00. The Morgan fingerprint density at radius 3 is 2.52 bits per heavy atom. The predicted octanol–water partition coefficient (Wildman–Crippen LogP) is 2.69. The SMILES string of the molecule is CCCS(=O)(=O)Nc1cccc(NC(=O)c2cc(C(=O)O)co2)c1C. The number of nitrogens with one attached hydrogen (secondary N) is 2. The summed E-state index contributed by atoms with van der Waals surface area (Å²) in [7, 11) is -3.46. The van der Waals surface area contributed by atoms with E-state index < -0.39 is 21.9 Å². The number of anilines is 2. The highest BCUT2D eigenvalue weighted by Crippen LogP contribution is 2.25. The first-order valence-corrected chi connectivity index (χ1v) is 9.12. The molecule has 0 bridgehead atoms. The van der Waals surface area contributed by atoms with Crippen LogP contribution in [-0.2, 0) is 10.0 Å². The van der Waals surface area contributed by atoms with Crippen LogP contribution in [0.5, 0.6) is 0 Å². The molecule has 1 aromatic heterocycles. The number of carbonyl (C=O) groups excluding carboxylic acids is 1. The molecule has 9 heteroatoms. The molecule has 1 aromatic carbocycles. The zero-order valence-corrected chi connectivity index (χ0v) is 14.5. The van der Waals surface area contributed by atoms with Gasteiger partial charge in [-0.15, -0.1) is 0 Å². The van der Waals surface area contributed by atoms with Crippen LogP contribution < -0.4 is 10.0 Å². The van der Waals surface area contributed by atoms with Gasteiger partial charge in [-0.2, -0.15) is 0 Å². The highest BCUT2D eigenvalue weighted by atomic mass is 32.2. The van der Waals surface area contributed by atoms with Crippen molar-refractivity contribution >= 4 is 33.3 Å². The number of rotatable bonds is 7. The molecule has 134 valence electrons. The summed E-state index contributed by atoms with van der Waals surface area (Å²) in [4.78, 5) is 23.0. The zero-order chi connectivity index (χ0) is 18.6. The van der Waals surface area contributed by atoms with Gasteiger partial charge in [0.15, 0.2) is 5.76 Å². The number of benzene rings is 1. The summed E-state index contributed by atoms with van der Waals surface area (Å²) in [6.07, 6.45) is 1.45. The third-order valence-electron chi connectivity index (χ3n) is 3.39. The van der Waals surface area contributed by atoms with Gasteiger partial charge in [-0.3, -0.25) is 9.52 Å². The molecule has 1 amide bonds. The van der Waals surface area contributed by atoms with E-state index in [1.54, 1.807) is 32.0 Å². The second-order valence-corrected chi connectivity index (χ2v) is 7.20. The molecule has 0 fully saturated rings. The van der Waals surface area contributed by atoms with Gasteiger partial charge in [0.05, 0.1) is 17.0 Å². The number of carboxylic acids is 1. The van der Waals surface area contributed by atoms with E-state index in [2.05, 4.69) is 10.0 Å². The molecule has 0 spiro atoms. The first-order valence-electron chi connectivity index (χ1n) is 7.46. The van der Waals surface area contributed by atoms with Crippen LogP contribution in [0, 0.1) is 6.92 Å². The van der Waals surface area contributed by atoms with Crippen molar-refractivity contribution in [3.05, 3.63) is 47.4 Å². The van der Waals surface area contributed by atoms with E-state index in [1.165, 1.54) is 0 Å². The molecule has 3 N–H and O–H groups in total. The highest BCUT2D eigenvalue weighted by molar-refractivity contribution is 7.92. The van der Waals surface area contributed by atoms with Gasteiger partial charge in [0.2, 0.25) is 10.0 Å². The van der Waals surface area contributed by atoms with Crippen molar-refractivity contribution in [3.8, 4) is 0 Å². The molecule has 0 aliphatic rings. The van der Waals surface area contributed by atoms with E-state index in [9.17, 15) is 18.0 Å². The van der Waals surface area contributed by atoms with Crippen LogP contribution in [0.1, 0.15) is 39.8 Å². The first-order chi connectivity index (χ1) is 11.7. The third kappa shape index (κ3) is 4.60. The van der Waals surface area contributed by atoms with Gasteiger partial charge >= 0.3 is 5.97 Å². The maximum atomic E-state index is 12.2. The lowest BCUT2D eigenvalue weighted by Gasteiger charge is -2.13. The first kappa shape index (κ1) is 18.5. The molecule has 0 unspecified atom stereocenters. The Kier molecular flexibility index (Phi) is 5.48. The second-order valence-electron chi connectivity index (χ2n) is 5.36. The molecule has 0 saturated heterocycles. The minimum atomic E-state index is -3.46. The Morgan fingerprint density at radius 1 is 1.24 bits per heavy atom. The van der Waals surface area contributed by atoms with Gasteiger partial charge in [-0.25, -0.2) is 13.2 Å². The predicted molar refractivity (Wildman–Crippen MR) is 92.5 cm³/mol. The van der Waals surface area contributed by atoms with Crippen LogP contribution in [0.4, 0.5) is 11.4 Å². The van der Waals surface area contributed by atoms with Crippen molar-refractivity contribution in [2.24, 2.45) is 0 Å². The largest absolute Gasteiger partial charge is 0.478 e.